The van der Waals surface area contributed by atoms with Crippen LogP contribution in [0.4, 0.5) is 5.69 Å². The number of carboxylic acid groups (broad SMARTS) is 1. The predicted molar refractivity (Wildman–Crippen MR) is 71.8 cm³/mol. The number of likely N-dealkylation sites (tertiary alicyclic amines) is 1. The van der Waals surface area contributed by atoms with Crippen LogP contribution in [0.3, 0.4) is 0 Å². The third-order valence-electron chi connectivity index (χ3n) is 3.67. The summed E-state index contributed by atoms with van der Waals surface area (Å²) >= 11 is 0. The van der Waals surface area contributed by atoms with Crippen LogP contribution in [-0.2, 0) is 11.3 Å². The van der Waals surface area contributed by atoms with Crippen molar-refractivity contribution in [3.8, 4) is 0 Å². The number of nitrogens with two attached hydrogens (primary N) is 1. The van der Waals surface area contributed by atoms with E-state index in [0.717, 1.165) is 0 Å². The van der Waals surface area contributed by atoms with Crippen LogP contribution >= 0.6 is 0 Å². The molecule has 2 heterocycles. The first-order valence-corrected chi connectivity index (χ1v) is 6.44. The molecule has 1 amide bonds. The maximum absolute atomic E-state index is 12.4. The molecule has 1 aliphatic rings. The molecule has 9 heteroatoms. The summed E-state index contributed by atoms with van der Waals surface area (Å²) < 4.78 is 1.47. The third kappa shape index (κ3) is 2.59. The van der Waals surface area contributed by atoms with Crippen LogP contribution in [0.2, 0.25) is 0 Å². The van der Waals surface area contributed by atoms with Crippen molar-refractivity contribution in [1.82, 2.24) is 9.47 Å². The van der Waals surface area contributed by atoms with E-state index in [2.05, 4.69) is 0 Å². The molecule has 1 aliphatic heterocycles. The number of nitro groups is 1. The van der Waals surface area contributed by atoms with E-state index in [4.69, 9.17) is 10.8 Å². The zero-order valence-corrected chi connectivity index (χ0v) is 11.5. The summed E-state index contributed by atoms with van der Waals surface area (Å²) in [6.07, 6.45) is 1.44. The summed E-state index contributed by atoms with van der Waals surface area (Å²) in [4.78, 5) is 35.0. The fourth-order valence-electron chi connectivity index (χ4n) is 2.38. The number of hydrogen-bond donors (Lipinski definition) is 2. The van der Waals surface area contributed by atoms with E-state index in [-0.39, 0.29) is 30.9 Å². The first-order chi connectivity index (χ1) is 9.78. The number of aryl methyl sites for hydroxylation is 1. The Morgan fingerprint density at radius 3 is 2.71 bits per heavy atom. The average Bonchev–Trinajstić information content (AvgIpc) is 3.02. The van der Waals surface area contributed by atoms with E-state index in [0.29, 0.717) is 6.54 Å². The molecule has 2 rings (SSSR count). The van der Waals surface area contributed by atoms with Gasteiger partial charge in [-0.2, -0.15) is 0 Å². The van der Waals surface area contributed by atoms with Gasteiger partial charge >= 0.3 is 5.97 Å². The smallest absolute Gasteiger partial charge is 0.325 e. The molecular formula is C12H16N4O5. The second-order valence-corrected chi connectivity index (χ2v) is 5.06. The Morgan fingerprint density at radius 2 is 2.24 bits per heavy atom. The minimum absolute atomic E-state index is 0.107. The number of carbonyl (C=O) groups excluding carboxylic acids is 1. The van der Waals surface area contributed by atoms with Gasteiger partial charge in [0, 0.05) is 25.7 Å². The first-order valence-electron chi connectivity index (χ1n) is 6.44. The Morgan fingerprint density at radius 1 is 1.57 bits per heavy atom. The quantitative estimate of drug-likeness (QED) is 0.595. The lowest BCUT2D eigenvalue weighted by Gasteiger charge is -2.20. The summed E-state index contributed by atoms with van der Waals surface area (Å²) in [6, 6.07) is 1.20. The monoisotopic (exact) mass is 296 g/mol. The average molecular weight is 296 g/mol. The van der Waals surface area contributed by atoms with E-state index < -0.39 is 22.3 Å². The van der Waals surface area contributed by atoms with Gasteiger partial charge in [0.15, 0.2) is 0 Å². The molecule has 1 unspecified atom stereocenters. The molecule has 1 aromatic rings. The zero-order valence-electron chi connectivity index (χ0n) is 11.5. The Bertz CT molecular complexity index is 611. The number of amides is 1. The highest BCUT2D eigenvalue weighted by atomic mass is 16.6. The molecule has 0 bridgehead atoms. The van der Waals surface area contributed by atoms with Crippen LogP contribution in [0.15, 0.2) is 12.3 Å². The van der Waals surface area contributed by atoms with Crippen LogP contribution in [0.1, 0.15) is 23.8 Å². The zero-order chi connectivity index (χ0) is 15.8. The lowest BCUT2D eigenvalue weighted by Crippen LogP contribution is -2.50. The largest absolute Gasteiger partial charge is 0.480 e. The summed E-state index contributed by atoms with van der Waals surface area (Å²) in [5, 5.41) is 19.9. The molecule has 0 aliphatic carbocycles. The van der Waals surface area contributed by atoms with Crippen LogP contribution in [0, 0.1) is 10.1 Å². The van der Waals surface area contributed by atoms with Crippen molar-refractivity contribution in [2.24, 2.45) is 5.73 Å². The third-order valence-corrected chi connectivity index (χ3v) is 3.67. The highest BCUT2D eigenvalue weighted by molar-refractivity contribution is 5.94. The minimum atomic E-state index is -1.45. The van der Waals surface area contributed by atoms with Crippen molar-refractivity contribution in [3.05, 3.63) is 28.1 Å². The molecular weight excluding hydrogens is 280 g/mol. The summed E-state index contributed by atoms with van der Waals surface area (Å²) in [7, 11) is 0. The molecule has 0 spiro atoms. The van der Waals surface area contributed by atoms with Gasteiger partial charge in [-0.3, -0.25) is 19.7 Å². The highest BCUT2D eigenvalue weighted by Gasteiger charge is 2.43. The summed E-state index contributed by atoms with van der Waals surface area (Å²) in [5.41, 5.74) is 4.27. The Balaban J connectivity index is 2.25. The number of carboxylic acids is 1. The normalized spacial score (nSPS) is 21.5. The second kappa shape index (κ2) is 5.17. The number of rotatable bonds is 4. The van der Waals surface area contributed by atoms with Gasteiger partial charge in [-0.1, -0.05) is 0 Å². The first kappa shape index (κ1) is 15.0. The van der Waals surface area contributed by atoms with Crippen LogP contribution < -0.4 is 5.73 Å². The number of hydrogen-bond acceptors (Lipinski definition) is 5. The Hall–Kier alpha value is -2.42. The van der Waals surface area contributed by atoms with Gasteiger partial charge in [0.25, 0.3) is 11.6 Å². The van der Waals surface area contributed by atoms with Crippen LogP contribution in [0.5, 0.6) is 0 Å². The predicted octanol–water partition coefficient (Wildman–Crippen LogP) is 0.0442. The van der Waals surface area contributed by atoms with E-state index in [1.807, 2.05) is 0 Å². The molecule has 3 N–H and O–H groups in total. The molecule has 9 nitrogen and oxygen atoms in total. The van der Waals surface area contributed by atoms with Gasteiger partial charge in [0.05, 0.1) is 11.1 Å². The fraction of sp³-hybridized carbons (Fsp3) is 0.500. The van der Waals surface area contributed by atoms with Crippen molar-refractivity contribution < 1.29 is 19.6 Å². The van der Waals surface area contributed by atoms with Gasteiger partial charge in [-0.25, -0.2) is 0 Å². The standard InChI is InChI=1S/C12H16N4O5/c1-2-14-6-8(16(20)21)5-9(14)10(17)15-4-3-12(13,7-15)11(18)19/h5-6H,2-4,7,13H2,1H3,(H,18,19). The Labute approximate surface area is 120 Å². The van der Waals surface area contributed by atoms with Gasteiger partial charge in [0.2, 0.25) is 0 Å². The topological polar surface area (TPSA) is 132 Å². The van der Waals surface area contributed by atoms with E-state index in [1.165, 1.54) is 21.7 Å². The second-order valence-electron chi connectivity index (χ2n) is 5.06. The van der Waals surface area contributed by atoms with Crippen molar-refractivity contribution in [3.63, 3.8) is 0 Å². The summed E-state index contributed by atoms with van der Waals surface area (Å²) in [6.45, 7) is 2.26. The molecule has 21 heavy (non-hydrogen) atoms. The van der Waals surface area contributed by atoms with Crippen molar-refractivity contribution >= 4 is 17.6 Å². The van der Waals surface area contributed by atoms with E-state index >= 15 is 0 Å². The van der Waals surface area contributed by atoms with Crippen molar-refractivity contribution in [2.45, 2.75) is 25.4 Å². The molecule has 0 aromatic carbocycles. The number of carbonyl (C=O) groups is 2. The van der Waals surface area contributed by atoms with E-state index in [1.54, 1.807) is 6.92 Å². The number of aromatic nitrogens is 1. The maximum Gasteiger partial charge on any atom is 0.325 e. The Kier molecular flexibility index (Phi) is 3.69. The van der Waals surface area contributed by atoms with Crippen molar-refractivity contribution in [2.75, 3.05) is 13.1 Å². The van der Waals surface area contributed by atoms with Gasteiger partial charge < -0.3 is 20.3 Å². The molecule has 0 radical (unpaired) electrons. The number of nitrogens with zero attached hydrogens (tertiary/aromatic N) is 3. The lowest BCUT2D eigenvalue weighted by atomic mass is 10.0. The van der Waals surface area contributed by atoms with Gasteiger partial charge in [-0.05, 0) is 13.3 Å². The molecule has 1 fully saturated rings. The van der Waals surface area contributed by atoms with Gasteiger partial charge in [0.1, 0.15) is 11.2 Å². The van der Waals surface area contributed by atoms with Crippen molar-refractivity contribution in [1.29, 1.82) is 0 Å². The molecule has 1 saturated heterocycles. The molecule has 1 atom stereocenters. The summed E-state index contributed by atoms with van der Waals surface area (Å²) in [5.74, 6) is -1.60. The molecule has 114 valence electrons. The van der Waals surface area contributed by atoms with E-state index in [9.17, 15) is 19.7 Å². The van der Waals surface area contributed by atoms with Crippen LogP contribution in [-0.4, -0.2) is 50.0 Å². The van der Waals surface area contributed by atoms with Gasteiger partial charge in [-0.15, -0.1) is 0 Å². The van der Waals surface area contributed by atoms with Crippen LogP contribution in [0.25, 0.3) is 0 Å². The maximum atomic E-state index is 12.4. The SMILES string of the molecule is CCn1cc([N+](=O)[O-])cc1C(=O)N1CCC(N)(C(=O)O)C1. The molecule has 1 aromatic heterocycles. The highest BCUT2D eigenvalue weighted by Crippen LogP contribution is 2.23. The molecule has 0 saturated carbocycles. The fourth-order valence-corrected chi connectivity index (χ4v) is 2.38. The number of aliphatic carboxylic acids is 1. The lowest BCUT2D eigenvalue weighted by molar-refractivity contribution is -0.384. The minimum Gasteiger partial charge on any atom is -0.480 e.